The summed E-state index contributed by atoms with van der Waals surface area (Å²) in [6.45, 7) is 4.80. The number of fused-ring (bicyclic) bond motifs is 1. The number of rotatable bonds is 2. The van der Waals surface area contributed by atoms with E-state index in [4.69, 9.17) is 11.6 Å². The number of hydrogen-bond acceptors (Lipinski definition) is 3. The van der Waals surface area contributed by atoms with Crippen LogP contribution in [0.25, 0.3) is 11.0 Å². The fourth-order valence-electron chi connectivity index (χ4n) is 3.10. The van der Waals surface area contributed by atoms with E-state index in [0.29, 0.717) is 18.6 Å². The first-order valence-corrected chi connectivity index (χ1v) is 8.00. The maximum absolute atomic E-state index is 12.8. The van der Waals surface area contributed by atoms with E-state index < -0.39 is 12.1 Å². The van der Waals surface area contributed by atoms with Crippen LogP contribution in [0, 0.1) is 5.92 Å². The zero-order valence-corrected chi connectivity index (χ0v) is 13.7. The zero-order chi connectivity index (χ0) is 16.8. The second-order valence-electron chi connectivity index (χ2n) is 6.19. The Kier molecular flexibility index (Phi) is 4.16. The van der Waals surface area contributed by atoms with Gasteiger partial charge in [-0.1, -0.05) is 0 Å². The van der Waals surface area contributed by atoms with E-state index in [1.165, 1.54) is 0 Å². The molecule has 1 aliphatic rings. The molecule has 0 radical (unpaired) electrons. The van der Waals surface area contributed by atoms with Gasteiger partial charge in [0.25, 0.3) is 0 Å². The van der Waals surface area contributed by atoms with E-state index in [9.17, 15) is 13.2 Å². The van der Waals surface area contributed by atoms with Gasteiger partial charge in [-0.25, -0.2) is 9.97 Å². The largest absolute Gasteiger partial charge is 0.391 e. The molecular formula is C15H18ClF3N4. The molecule has 0 spiro atoms. The van der Waals surface area contributed by atoms with Gasteiger partial charge in [0, 0.05) is 25.3 Å². The minimum absolute atomic E-state index is 0.108. The number of anilines is 1. The molecule has 0 bridgehead atoms. The normalized spacial score (nSPS) is 17.4. The lowest BCUT2D eigenvalue weighted by Crippen LogP contribution is -2.39. The lowest BCUT2D eigenvalue weighted by molar-refractivity contribution is -0.179. The Morgan fingerprint density at radius 1 is 1.26 bits per heavy atom. The topological polar surface area (TPSA) is 34.0 Å². The molecule has 23 heavy (non-hydrogen) atoms. The van der Waals surface area contributed by atoms with E-state index in [2.05, 4.69) is 9.97 Å². The lowest BCUT2D eigenvalue weighted by Gasteiger charge is -2.33. The van der Waals surface area contributed by atoms with E-state index in [0.717, 1.165) is 11.2 Å². The van der Waals surface area contributed by atoms with Gasteiger partial charge in [0.15, 0.2) is 0 Å². The highest BCUT2D eigenvalue weighted by Crippen LogP contribution is 2.37. The molecule has 0 atom stereocenters. The molecule has 1 saturated heterocycles. The van der Waals surface area contributed by atoms with E-state index in [1.807, 2.05) is 29.5 Å². The summed E-state index contributed by atoms with van der Waals surface area (Å²) in [5.41, 5.74) is 2.38. The first-order valence-electron chi connectivity index (χ1n) is 7.62. The Morgan fingerprint density at radius 3 is 2.48 bits per heavy atom. The van der Waals surface area contributed by atoms with Crippen LogP contribution in [0.15, 0.2) is 12.4 Å². The van der Waals surface area contributed by atoms with Crippen LogP contribution in [0.1, 0.15) is 32.7 Å². The monoisotopic (exact) mass is 346 g/mol. The van der Waals surface area contributed by atoms with Crippen LogP contribution in [-0.2, 0) is 0 Å². The number of piperidine rings is 1. The Balaban J connectivity index is 1.93. The van der Waals surface area contributed by atoms with Gasteiger partial charge in [-0.2, -0.15) is 13.2 Å². The lowest BCUT2D eigenvalue weighted by atomic mass is 9.96. The van der Waals surface area contributed by atoms with Gasteiger partial charge in [-0.3, -0.25) is 0 Å². The summed E-state index contributed by atoms with van der Waals surface area (Å²) in [7, 11) is 0. The van der Waals surface area contributed by atoms with Crippen molar-refractivity contribution >= 4 is 28.3 Å². The van der Waals surface area contributed by atoms with Crippen LogP contribution < -0.4 is 4.90 Å². The summed E-state index contributed by atoms with van der Waals surface area (Å²) in [6.07, 6.45) is -0.290. The maximum Gasteiger partial charge on any atom is 0.391 e. The van der Waals surface area contributed by atoms with Crippen LogP contribution in [0.2, 0.25) is 5.28 Å². The number of hydrogen-bond donors (Lipinski definition) is 0. The molecule has 2 aromatic rings. The molecule has 1 aliphatic heterocycles. The molecule has 0 amide bonds. The van der Waals surface area contributed by atoms with Crippen molar-refractivity contribution in [2.24, 2.45) is 5.92 Å². The third-order valence-electron chi connectivity index (χ3n) is 4.38. The molecule has 3 rings (SSSR count). The molecule has 0 N–H and O–H groups in total. The number of alkyl halides is 3. The van der Waals surface area contributed by atoms with Gasteiger partial charge >= 0.3 is 6.18 Å². The van der Waals surface area contributed by atoms with Crippen molar-refractivity contribution in [3.63, 3.8) is 0 Å². The van der Waals surface area contributed by atoms with Crippen LogP contribution >= 0.6 is 11.6 Å². The van der Waals surface area contributed by atoms with Crippen LogP contribution in [0.3, 0.4) is 0 Å². The predicted molar refractivity (Wildman–Crippen MR) is 83.9 cm³/mol. The van der Waals surface area contributed by atoms with Crippen molar-refractivity contribution < 1.29 is 13.2 Å². The van der Waals surface area contributed by atoms with Gasteiger partial charge in [0.1, 0.15) is 5.52 Å². The molecule has 0 saturated carbocycles. The molecule has 4 nitrogen and oxygen atoms in total. The Hall–Kier alpha value is -1.50. The molecule has 3 heterocycles. The van der Waals surface area contributed by atoms with Crippen molar-refractivity contribution in [3.05, 3.63) is 17.7 Å². The first-order chi connectivity index (χ1) is 10.8. The van der Waals surface area contributed by atoms with Gasteiger partial charge in [0.05, 0.1) is 23.3 Å². The Labute approximate surface area is 137 Å². The maximum atomic E-state index is 12.8. The fourth-order valence-corrected chi connectivity index (χ4v) is 3.23. The molecule has 126 valence electrons. The van der Waals surface area contributed by atoms with Crippen molar-refractivity contribution in [1.29, 1.82) is 0 Å². The van der Waals surface area contributed by atoms with E-state index in [-0.39, 0.29) is 24.2 Å². The summed E-state index contributed by atoms with van der Waals surface area (Å²) in [4.78, 5) is 10.3. The smallest absolute Gasteiger partial charge is 0.369 e. The van der Waals surface area contributed by atoms with Crippen molar-refractivity contribution in [1.82, 2.24) is 14.5 Å². The minimum atomic E-state index is -4.11. The molecule has 0 aliphatic carbocycles. The highest BCUT2D eigenvalue weighted by Gasteiger charge is 2.41. The quantitative estimate of drug-likeness (QED) is 0.754. The average Bonchev–Trinajstić information content (AvgIpc) is 2.85. The SMILES string of the molecule is CC(C)n1cc(N2CCC(C(F)(F)F)CC2)c2nc(Cl)ncc21. The average molecular weight is 347 g/mol. The molecule has 8 heteroatoms. The van der Waals surface area contributed by atoms with E-state index >= 15 is 0 Å². The summed E-state index contributed by atoms with van der Waals surface area (Å²) >= 11 is 5.90. The van der Waals surface area contributed by atoms with Crippen LogP contribution in [0.5, 0.6) is 0 Å². The summed E-state index contributed by atoms with van der Waals surface area (Å²) in [5.74, 6) is -1.21. The second kappa shape index (κ2) is 5.85. The van der Waals surface area contributed by atoms with Gasteiger partial charge in [-0.15, -0.1) is 0 Å². The first kappa shape index (κ1) is 16.4. The van der Waals surface area contributed by atoms with Gasteiger partial charge in [0.2, 0.25) is 5.28 Å². The van der Waals surface area contributed by atoms with Crippen LogP contribution in [0.4, 0.5) is 18.9 Å². The summed E-state index contributed by atoms with van der Waals surface area (Å²) < 4.78 is 40.5. The fraction of sp³-hybridized carbons (Fsp3) is 0.600. The predicted octanol–water partition coefficient (Wildman–Crippen LogP) is 4.44. The van der Waals surface area contributed by atoms with Gasteiger partial charge in [-0.05, 0) is 38.3 Å². The third-order valence-corrected chi connectivity index (χ3v) is 4.56. The molecule has 0 unspecified atom stereocenters. The molecule has 0 aromatic carbocycles. The highest BCUT2D eigenvalue weighted by atomic mass is 35.5. The second-order valence-corrected chi connectivity index (χ2v) is 6.53. The van der Waals surface area contributed by atoms with Crippen molar-refractivity contribution in [3.8, 4) is 0 Å². The van der Waals surface area contributed by atoms with E-state index in [1.54, 1.807) is 6.20 Å². The third kappa shape index (κ3) is 3.11. The summed E-state index contributed by atoms with van der Waals surface area (Å²) in [5, 5.41) is 0.144. The molecular weight excluding hydrogens is 329 g/mol. The number of aromatic nitrogens is 3. The molecule has 1 fully saturated rings. The van der Waals surface area contributed by atoms with Gasteiger partial charge < -0.3 is 9.47 Å². The Bertz CT molecular complexity index is 703. The number of nitrogens with zero attached hydrogens (tertiary/aromatic N) is 4. The minimum Gasteiger partial charge on any atom is -0.369 e. The van der Waals surface area contributed by atoms with Crippen LogP contribution in [-0.4, -0.2) is 33.8 Å². The van der Waals surface area contributed by atoms with Crippen molar-refractivity contribution in [2.45, 2.75) is 38.9 Å². The van der Waals surface area contributed by atoms with Crippen molar-refractivity contribution in [2.75, 3.05) is 18.0 Å². The highest BCUT2D eigenvalue weighted by molar-refractivity contribution is 6.28. The zero-order valence-electron chi connectivity index (χ0n) is 12.9. The standard InChI is InChI=1S/C15H18ClF3N4/c1-9(2)23-8-12(13-11(23)7-20-14(16)21-13)22-5-3-10(4-6-22)15(17,18)19/h7-10H,3-6H2,1-2H3. The summed E-state index contributed by atoms with van der Waals surface area (Å²) in [6, 6.07) is 0.198. The number of halogens is 4. The molecule has 2 aromatic heterocycles. The Morgan fingerprint density at radius 2 is 1.91 bits per heavy atom.